The molecule has 2 N–H and O–H groups in total. The lowest BCUT2D eigenvalue weighted by atomic mass is 10.3. The summed E-state index contributed by atoms with van der Waals surface area (Å²) in [6, 6.07) is 3.61. The predicted molar refractivity (Wildman–Crippen MR) is 69.3 cm³/mol. The number of nitrogens with one attached hydrogen (secondary N) is 1. The normalized spacial score (nSPS) is 22.2. The van der Waals surface area contributed by atoms with Crippen LogP contribution in [0.5, 0.6) is 0 Å². The quantitative estimate of drug-likeness (QED) is 0.787. The van der Waals surface area contributed by atoms with Gasteiger partial charge in [0.25, 0.3) is 5.92 Å². The lowest BCUT2D eigenvalue weighted by Gasteiger charge is -2.12. The summed E-state index contributed by atoms with van der Waals surface area (Å²) in [6.45, 7) is -0.0503. The van der Waals surface area contributed by atoms with Crippen LogP contribution in [0.3, 0.4) is 0 Å². The van der Waals surface area contributed by atoms with Crippen LogP contribution in [0.2, 0.25) is 0 Å². The highest BCUT2D eigenvalue weighted by molar-refractivity contribution is 5.91. The van der Waals surface area contributed by atoms with E-state index >= 15 is 0 Å². The maximum atomic E-state index is 12.7. The molecule has 4 nitrogen and oxygen atoms in total. The molecule has 6 heteroatoms. The van der Waals surface area contributed by atoms with Crippen LogP contribution in [0, 0.1) is 5.92 Å². The molecule has 0 spiro atoms. The van der Waals surface area contributed by atoms with Crippen LogP contribution in [0.15, 0.2) is 22.6 Å². The number of hydrogen-bond donors (Lipinski definition) is 2. The van der Waals surface area contributed by atoms with Gasteiger partial charge >= 0.3 is 0 Å². The Morgan fingerprint density at radius 2 is 2.30 bits per heavy atom. The molecule has 2 unspecified atom stereocenters. The minimum Gasteiger partial charge on any atom is -0.461 e. The van der Waals surface area contributed by atoms with E-state index in [0.29, 0.717) is 17.6 Å². The second-order valence-corrected chi connectivity index (χ2v) is 5.12. The molecular weight excluding hydrogens is 268 g/mol. The van der Waals surface area contributed by atoms with Crippen LogP contribution in [0.1, 0.15) is 30.8 Å². The Labute approximate surface area is 115 Å². The SMILES string of the molecule is CC1CC1c1ccc(/C=C/C(=O)NCC(F)(F)CO)o1. The van der Waals surface area contributed by atoms with Crippen LogP contribution in [-0.4, -0.2) is 30.1 Å². The Morgan fingerprint density at radius 3 is 2.90 bits per heavy atom. The number of halogens is 2. The van der Waals surface area contributed by atoms with E-state index < -0.39 is 25.0 Å². The van der Waals surface area contributed by atoms with E-state index in [4.69, 9.17) is 9.52 Å². The molecule has 2 atom stereocenters. The van der Waals surface area contributed by atoms with Gasteiger partial charge in [0.1, 0.15) is 18.1 Å². The minimum absolute atomic E-state index is 0.453. The molecule has 1 amide bonds. The summed E-state index contributed by atoms with van der Waals surface area (Å²) >= 11 is 0. The van der Waals surface area contributed by atoms with Crippen molar-refractivity contribution in [3.8, 4) is 0 Å². The van der Waals surface area contributed by atoms with Gasteiger partial charge in [0, 0.05) is 12.0 Å². The molecule has 20 heavy (non-hydrogen) atoms. The first-order chi connectivity index (χ1) is 9.41. The van der Waals surface area contributed by atoms with Crippen molar-refractivity contribution in [2.45, 2.75) is 25.2 Å². The molecular formula is C14H17F2NO3. The first kappa shape index (κ1) is 14.7. The molecule has 0 saturated heterocycles. The summed E-state index contributed by atoms with van der Waals surface area (Å²) in [7, 11) is 0. The van der Waals surface area contributed by atoms with Crippen LogP contribution in [0.25, 0.3) is 6.08 Å². The van der Waals surface area contributed by atoms with Crippen molar-refractivity contribution < 1.29 is 23.1 Å². The maximum absolute atomic E-state index is 12.7. The second-order valence-electron chi connectivity index (χ2n) is 5.12. The largest absolute Gasteiger partial charge is 0.461 e. The molecule has 1 fully saturated rings. The monoisotopic (exact) mass is 285 g/mol. The molecule has 1 aliphatic rings. The van der Waals surface area contributed by atoms with Crippen molar-refractivity contribution in [1.29, 1.82) is 0 Å². The Balaban J connectivity index is 1.83. The Bertz CT molecular complexity index is 510. The van der Waals surface area contributed by atoms with Gasteiger partial charge in [-0.1, -0.05) is 6.92 Å². The van der Waals surface area contributed by atoms with Crippen LogP contribution in [-0.2, 0) is 4.79 Å². The molecule has 1 aromatic heterocycles. The van der Waals surface area contributed by atoms with E-state index in [1.165, 1.54) is 6.08 Å². The van der Waals surface area contributed by atoms with Crippen molar-refractivity contribution in [3.05, 3.63) is 29.7 Å². The second kappa shape index (κ2) is 5.75. The third-order valence-corrected chi connectivity index (χ3v) is 3.27. The van der Waals surface area contributed by atoms with Gasteiger partial charge in [-0.25, -0.2) is 8.78 Å². The summed E-state index contributed by atoms with van der Waals surface area (Å²) in [4.78, 5) is 11.3. The average Bonchev–Trinajstić information content (AvgIpc) is 2.97. The zero-order valence-electron chi connectivity index (χ0n) is 11.1. The fraction of sp³-hybridized carbons (Fsp3) is 0.500. The van der Waals surface area contributed by atoms with Gasteiger partial charge in [0.05, 0.1) is 6.54 Å². The first-order valence-electron chi connectivity index (χ1n) is 6.45. The fourth-order valence-corrected chi connectivity index (χ4v) is 1.86. The number of amides is 1. The van der Waals surface area contributed by atoms with Crippen LogP contribution >= 0.6 is 0 Å². The predicted octanol–water partition coefficient (Wildman–Crippen LogP) is 2.16. The number of rotatable bonds is 6. The third kappa shape index (κ3) is 3.90. The van der Waals surface area contributed by atoms with Crippen molar-refractivity contribution in [1.82, 2.24) is 5.32 Å². The molecule has 110 valence electrons. The smallest absolute Gasteiger partial charge is 0.287 e. The minimum atomic E-state index is -3.30. The van der Waals surface area contributed by atoms with Crippen LogP contribution in [0.4, 0.5) is 8.78 Å². The topological polar surface area (TPSA) is 62.5 Å². The fourth-order valence-electron chi connectivity index (χ4n) is 1.86. The van der Waals surface area contributed by atoms with Gasteiger partial charge in [-0.2, -0.15) is 0 Å². The molecule has 1 aromatic rings. The van der Waals surface area contributed by atoms with Gasteiger partial charge in [-0.05, 0) is 30.5 Å². The highest BCUT2D eigenvalue weighted by atomic mass is 19.3. The van der Waals surface area contributed by atoms with Gasteiger partial charge < -0.3 is 14.8 Å². The Kier molecular flexibility index (Phi) is 4.23. The number of aliphatic hydroxyl groups is 1. The van der Waals surface area contributed by atoms with E-state index in [0.717, 1.165) is 18.3 Å². The lowest BCUT2D eigenvalue weighted by Crippen LogP contribution is -2.38. The number of hydrogen-bond acceptors (Lipinski definition) is 3. The molecule has 1 heterocycles. The van der Waals surface area contributed by atoms with Crippen LogP contribution < -0.4 is 5.32 Å². The van der Waals surface area contributed by atoms with Crippen molar-refractivity contribution >= 4 is 12.0 Å². The first-order valence-corrected chi connectivity index (χ1v) is 6.45. The van der Waals surface area contributed by atoms with E-state index in [9.17, 15) is 13.6 Å². The van der Waals surface area contributed by atoms with Gasteiger partial charge in [-0.15, -0.1) is 0 Å². The number of alkyl halides is 2. The summed E-state index contributed by atoms with van der Waals surface area (Å²) < 4.78 is 30.9. The highest BCUT2D eigenvalue weighted by Gasteiger charge is 2.36. The third-order valence-electron chi connectivity index (χ3n) is 3.27. The van der Waals surface area contributed by atoms with Crippen molar-refractivity contribution in [3.63, 3.8) is 0 Å². The summed E-state index contributed by atoms with van der Waals surface area (Å²) in [5.74, 6) is -1.47. The van der Waals surface area contributed by atoms with E-state index in [2.05, 4.69) is 6.92 Å². The van der Waals surface area contributed by atoms with Gasteiger partial charge in [0.15, 0.2) is 0 Å². The lowest BCUT2D eigenvalue weighted by molar-refractivity contribution is -0.119. The molecule has 0 bridgehead atoms. The number of furan rings is 1. The van der Waals surface area contributed by atoms with E-state index in [-0.39, 0.29) is 0 Å². The summed E-state index contributed by atoms with van der Waals surface area (Å²) in [6.07, 6.45) is 3.67. The molecule has 0 aromatic carbocycles. The molecule has 0 radical (unpaired) electrons. The zero-order chi connectivity index (χ0) is 14.8. The Hall–Kier alpha value is -1.69. The number of carbonyl (C=O) groups excluding carboxylic acids is 1. The molecule has 1 saturated carbocycles. The summed E-state index contributed by atoms with van der Waals surface area (Å²) in [5, 5.41) is 10.4. The standard InChI is InChI=1S/C14H17F2NO3/c1-9-6-11(9)12-4-2-10(20-12)3-5-13(19)17-7-14(15,16)8-18/h2-5,9,11,18H,6-8H2,1H3,(H,17,19)/b5-3+. The Morgan fingerprint density at radius 1 is 1.60 bits per heavy atom. The maximum Gasteiger partial charge on any atom is 0.287 e. The van der Waals surface area contributed by atoms with Gasteiger partial charge in [0.2, 0.25) is 5.91 Å². The van der Waals surface area contributed by atoms with Crippen molar-refractivity contribution in [2.75, 3.05) is 13.2 Å². The zero-order valence-corrected chi connectivity index (χ0v) is 11.1. The number of aliphatic hydroxyl groups excluding tert-OH is 1. The van der Waals surface area contributed by atoms with E-state index in [1.54, 1.807) is 6.07 Å². The average molecular weight is 285 g/mol. The molecule has 1 aliphatic carbocycles. The van der Waals surface area contributed by atoms with Gasteiger partial charge in [-0.3, -0.25) is 4.79 Å². The highest BCUT2D eigenvalue weighted by Crippen LogP contribution is 2.47. The molecule has 0 aliphatic heterocycles. The van der Waals surface area contributed by atoms with E-state index in [1.807, 2.05) is 11.4 Å². The molecule has 2 rings (SSSR count). The summed E-state index contributed by atoms with van der Waals surface area (Å²) in [5.41, 5.74) is 0. The number of carbonyl (C=O) groups is 1. The van der Waals surface area contributed by atoms with Crippen molar-refractivity contribution in [2.24, 2.45) is 5.92 Å².